The molecule has 1 aliphatic carbocycles. The van der Waals surface area contributed by atoms with Gasteiger partial charge < -0.3 is 5.11 Å². The molecular formula is C15H23NO. The standard InChI is InChI=1S/C15H23NO/c1-11-8-9-15(17)14(10-11)12(2)16(3)13-6-4-5-7-13/h8-10,12-13,17H,4-7H2,1-3H3. The van der Waals surface area contributed by atoms with Crippen LogP contribution in [-0.4, -0.2) is 23.1 Å². The number of phenolic OH excluding ortho intramolecular Hbond substituents is 1. The maximum Gasteiger partial charge on any atom is 0.120 e. The molecule has 0 heterocycles. The van der Waals surface area contributed by atoms with Gasteiger partial charge in [0.25, 0.3) is 0 Å². The Bertz CT molecular complexity index is 383. The molecule has 1 fully saturated rings. The van der Waals surface area contributed by atoms with Crippen LogP contribution in [0.3, 0.4) is 0 Å². The Morgan fingerprint density at radius 3 is 2.59 bits per heavy atom. The molecule has 1 aliphatic rings. The van der Waals surface area contributed by atoms with Crippen LogP contribution in [0.15, 0.2) is 18.2 Å². The first kappa shape index (κ1) is 12.4. The van der Waals surface area contributed by atoms with Crippen LogP contribution < -0.4 is 0 Å². The number of phenols is 1. The summed E-state index contributed by atoms with van der Waals surface area (Å²) in [5, 5.41) is 9.97. The fourth-order valence-electron chi connectivity index (χ4n) is 2.86. The first-order valence-corrected chi connectivity index (χ1v) is 6.61. The highest BCUT2D eigenvalue weighted by Crippen LogP contribution is 2.33. The first-order valence-electron chi connectivity index (χ1n) is 6.61. The number of hydrogen-bond acceptors (Lipinski definition) is 2. The Balaban J connectivity index is 2.17. The SMILES string of the molecule is Cc1ccc(O)c(C(C)N(C)C2CCCC2)c1. The molecule has 0 saturated heterocycles. The van der Waals surface area contributed by atoms with E-state index in [1.54, 1.807) is 0 Å². The Morgan fingerprint density at radius 1 is 1.29 bits per heavy atom. The van der Waals surface area contributed by atoms with Crippen LogP contribution in [0.2, 0.25) is 0 Å². The van der Waals surface area contributed by atoms with Crippen molar-refractivity contribution < 1.29 is 5.11 Å². The van der Waals surface area contributed by atoms with Gasteiger partial charge in [0.05, 0.1) is 0 Å². The molecule has 0 radical (unpaired) electrons. The van der Waals surface area contributed by atoms with Gasteiger partial charge in [0.15, 0.2) is 0 Å². The summed E-state index contributed by atoms with van der Waals surface area (Å²) in [5.74, 6) is 0.424. The molecule has 0 spiro atoms. The van der Waals surface area contributed by atoms with Crippen molar-refractivity contribution in [2.45, 2.75) is 51.6 Å². The number of benzene rings is 1. The lowest BCUT2D eigenvalue weighted by Crippen LogP contribution is -2.31. The van der Waals surface area contributed by atoms with E-state index in [-0.39, 0.29) is 6.04 Å². The molecule has 0 bridgehead atoms. The van der Waals surface area contributed by atoms with Crippen molar-refractivity contribution in [2.24, 2.45) is 0 Å². The van der Waals surface area contributed by atoms with E-state index in [1.165, 1.54) is 31.2 Å². The maximum absolute atomic E-state index is 9.97. The number of nitrogens with zero attached hydrogens (tertiary/aromatic N) is 1. The average Bonchev–Trinajstić information content (AvgIpc) is 2.84. The summed E-state index contributed by atoms with van der Waals surface area (Å²) in [4.78, 5) is 2.42. The van der Waals surface area contributed by atoms with Crippen molar-refractivity contribution in [3.8, 4) is 5.75 Å². The van der Waals surface area contributed by atoms with Gasteiger partial charge in [-0.25, -0.2) is 0 Å². The fraction of sp³-hybridized carbons (Fsp3) is 0.600. The average molecular weight is 233 g/mol. The largest absolute Gasteiger partial charge is 0.508 e. The molecule has 2 nitrogen and oxygen atoms in total. The molecule has 2 heteroatoms. The van der Waals surface area contributed by atoms with Gasteiger partial charge in [-0.15, -0.1) is 0 Å². The van der Waals surface area contributed by atoms with Gasteiger partial charge >= 0.3 is 0 Å². The lowest BCUT2D eigenvalue weighted by molar-refractivity contribution is 0.185. The molecule has 2 rings (SSSR count). The Kier molecular flexibility index (Phi) is 3.72. The maximum atomic E-state index is 9.97. The highest BCUT2D eigenvalue weighted by atomic mass is 16.3. The molecule has 0 aromatic heterocycles. The molecule has 17 heavy (non-hydrogen) atoms. The van der Waals surface area contributed by atoms with E-state index in [0.29, 0.717) is 11.8 Å². The summed E-state index contributed by atoms with van der Waals surface area (Å²) in [6.45, 7) is 4.26. The molecular weight excluding hydrogens is 210 g/mol. The van der Waals surface area contributed by atoms with E-state index in [1.807, 2.05) is 12.1 Å². The predicted octanol–water partition coefficient (Wildman–Crippen LogP) is 3.64. The van der Waals surface area contributed by atoms with Crippen LogP contribution in [0.25, 0.3) is 0 Å². The van der Waals surface area contributed by atoms with Crippen LogP contribution in [0.1, 0.15) is 49.8 Å². The van der Waals surface area contributed by atoms with E-state index in [4.69, 9.17) is 0 Å². The van der Waals surface area contributed by atoms with E-state index in [9.17, 15) is 5.11 Å². The lowest BCUT2D eigenvalue weighted by atomic mass is 10.0. The van der Waals surface area contributed by atoms with Gasteiger partial charge in [-0.3, -0.25) is 4.90 Å². The second-order valence-corrected chi connectivity index (χ2v) is 5.34. The Hall–Kier alpha value is -1.02. The van der Waals surface area contributed by atoms with Crippen LogP contribution in [0.5, 0.6) is 5.75 Å². The highest BCUT2D eigenvalue weighted by molar-refractivity contribution is 5.37. The molecule has 1 aromatic rings. The summed E-state index contributed by atoms with van der Waals surface area (Å²) < 4.78 is 0. The third-order valence-electron chi connectivity index (χ3n) is 4.14. The van der Waals surface area contributed by atoms with Gasteiger partial charge in [-0.1, -0.05) is 30.5 Å². The van der Waals surface area contributed by atoms with Crippen molar-refractivity contribution in [2.75, 3.05) is 7.05 Å². The summed E-state index contributed by atoms with van der Waals surface area (Å²) in [6, 6.07) is 6.85. The van der Waals surface area contributed by atoms with E-state index < -0.39 is 0 Å². The summed E-state index contributed by atoms with van der Waals surface area (Å²) in [5.41, 5.74) is 2.27. The normalized spacial score (nSPS) is 18.8. The number of rotatable bonds is 3. The molecule has 1 aromatic carbocycles. The lowest BCUT2D eigenvalue weighted by Gasteiger charge is -2.31. The van der Waals surface area contributed by atoms with Crippen molar-refractivity contribution in [3.05, 3.63) is 29.3 Å². The minimum absolute atomic E-state index is 0.290. The van der Waals surface area contributed by atoms with Gasteiger partial charge in [0.2, 0.25) is 0 Å². The van der Waals surface area contributed by atoms with Gasteiger partial charge in [0, 0.05) is 17.6 Å². The van der Waals surface area contributed by atoms with Gasteiger partial charge in [0.1, 0.15) is 5.75 Å². The van der Waals surface area contributed by atoms with Gasteiger partial charge in [-0.05, 0) is 39.8 Å². The van der Waals surface area contributed by atoms with Crippen LogP contribution in [0, 0.1) is 6.92 Å². The smallest absolute Gasteiger partial charge is 0.120 e. The number of hydrogen-bond donors (Lipinski definition) is 1. The highest BCUT2D eigenvalue weighted by Gasteiger charge is 2.25. The molecule has 1 atom stereocenters. The second kappa shape index (κ2) is 5.09. The van der Waals surface area contributed by atoms with Crippen molar-refractivity contribution >= 4 is 0 Å². The van der Waals surface area contributed by atoms with Crippen LogP contribution in [0.4, 0.5) is 0 Å². The molecule has 0 aliphatic heterocycles. The number of aromatic hydroxyl groups is 1. The third kappa shape index (κ3) is 2.63. The minimum atomic E-state index is 0.290. The van der Waals surface area contributed by atoms with E-state index in [0.717, 1.165) is 5.56 Å². The minimum Gasteiger partial charge on any atom is -0.508 e. The number of aryl methyl sites for hydroxylation is 1. The molecule has 1 saturated carbocycles. The first-order chi connectivity index (χ1) is 8.09. The van der Waals surface area contributed by atoms with Crippen LogP contribution >= 0.6 is 0 Å². The van der Waals surface area contributed by atoms with Gasteiger partial charge in [-0.2, -0.15) is 0 Å². The van der Waals surface area contributed by atoms with Crippen LogP contribution in [-0.2, 0) is 0 Å². The zero-order valence-electron chi connectivity index (χ0n) is 11.1. The predicted molar refractivity (Wildman–Crippen MR) is 71.3 cm³/mol. The monoisotopic (exact) mass is 233 g/mol. The summed E-state index contributed by atoms with van der Waals surface area (Å²) in [6.07, 6.45) is 5.30. The Morgan fingerprint density at radius 2 is 1.94 bits per heavy atom. The van der Waals surface area contributed by atoms with Crippen molar-refractivity contribution in [3.63, 3.8) is 0 Å². The Labute approximate surface area is 104 Å². The summed E-state index contributed by atoms with van der Waals surface area (Å²) >= 11 is 0. The second-order valence-electron chi connectivity index (χ2n) is 5.34. The zero-order chi connectivity index (χ0) is 12.4. The van der Waals surface area contributed by atoms with E-state index in [2.05, 4.69) is 31.9 Å². The topological polar surface area (TPSA) is 23.5 Å². The zero-order valence-corrected chi connectivity index (χ0v) is 11.1. The molecule has 94 valence electrons. The molecule has 0 amide bonds. The van der Waals surface area contributed by atoms with Crippen molar-refractivity contribution in [1.82, 2.24) is 4.90 Å². The fourth-order valence-corrected chi connectivity index (χ4v) is 2.86. The summed E-state index contributed by atoms with van der Waals surface area (Å²) in [7, 11) is 2.18. The molecule has 1 N–H and O–H groups in total. The van der Waals surface area contributed by atoms with Crippen molar-refractivity contribution in [1.29, 1.82) is 0 Å². The molecule has 1 unspecified atom stereocenters. The van der Waals surface area contributed by atoms with E-state index >= 15 is 0 Å². The third-order valence-corrected chi connectivity index (χ3v) is 4.14. The quantitative estimate of drug-likeness (QED) is 0.861.